The molecule has 0 aromatic heterocycles. The zero-order valence-corrected chi connectivity index (χ0v) is 9.31. The van der Waals surface area contributed by atoms with E-state index in [0.29, 0.717) is 0 Å². The highest BCUT2D eigenvalue weighted by Crippen LogP contribution is 2.33. The van der Waals surface area contributed by atoms with Crippen molar-refractivity contribution < 1.29 is 9.66 Å². The summed E-state index contributed by atoms with van der Waals surface area (Å²) in [6.07, 6.45) is 2.94. The molecule has 0 bridgehead atoms. The van der Waals surface area contributed by atoms with E-state index in [1.165, 1.54) is 5.56 Å². The molecule has 4 nitrogen and oxygen atoms in total. The molecular weight excluding hydrogens is 206 g/mol. The second-order valence-electron chi connectivity index (χ2n) is 4.17. The van der Waals surface area contributed by atoms with Gasteiger partial charge in [0, 0.05) is 10.8 Å². The Hall–Kier alpha value is -1.58. The molecule has 16 heavy (non-hydrogen) atoms. The third kappa shape index (κ3) is 2.15. The number of hydrogen-bond acceptors (Lipinski definition) is 3. The molecule has 1 aliphatic carbocycles. The van der Waals surface area contributed by atoms with Gasteiger partial charge in [-0.1, -0.05) is 6.07 Å². The maximum absolute atomic E-state index is 10.6. The van der Waals surface area contributed by atoms with Crippen molar-refractivity contribution in [1.29, 1.82) is 0 Å². The standard InChI is InChI=1S/C12H15NO3/c1-16-11-5-6-12-9(7-11)3-2-4-10(12)8-13(14)15/h5-7,10H,2-4,8H2,1H3. The smallest absolute Gasteiger partial charge is 0.210 e. The highest BCUT2D eigenvalue weighted by Gasteiger charge is 2.24. The summed E-state index contributed by atoms with van der Waals surface area (Å²) in [7, 11) is 1.64. The van der Waals surface area contributed by atoms with E-state index in [4.69, 9.17) is 4.74 Å². The van der Waals surface area contributed by atoms with Crippen molar-refractivity contribution in [1.82, 2.24) is 0 Å². The van der Waals surface area contributed by atoms with Crippen LogP contribution in [0.25, 0.3) is 0 Å². The van der Waals surface area contributed by atoms with Crippen LogP contribution >= 0.6 is 0 Å². The van der Waals surface area contributed by atoms with E-state index in [1.807, 2.05) is 18.2 Å². The minimum absolute atomic E-state index is 0.0410. The average molecular weight is 221 g/mol. The Balaban J connectivity index is 2.28. The summed E-state index contributed by atoms with van der Waals surface area (Å²) in [6.45, 7) is 0.0410. The number of hydrogen-bond donors (Lipinski definition) is 0. The first-order valence-electron chi connectivity index (χ1n) is 5.49. The van der Waals surface area contributed by atoms with Crippen molar-refractivity contribution in [3.8, 4) is 5.75 Å². The summed E-state index contributed by atoms with van der Waals surface area (Å²) in [5, 5.41) is 10.6. The predicted molar refractivity (Wildman–Crippen MR) is 60.5 cm³/mol. The van der Waals surface area contributed by atoms with Gasteiger partial charge in [0.25, 0.3) is 0 Å². The van der Waals surface area contributed by atoms with Gasteiger partial charge in [0.05, 0.1) is 7.11 Å². The Morgan fingerprint density at radius 3 is 3.06 bits per heavy atom. The minimum atomic E-state index is -0.218. The first-order chi connectivity index (χ1) is 7.70. The Bertz CT molecular complexity index is 403. The van der Waals surface area contributed by atoms with Gasteiger partial charge in [-0.25, -0.2) is 0 Å². The third-order valence-corrected chi connectivity index (χ3v) is 3.16. The summed E-state index contributed by atoms with van der Waals surface area (Å²) in [4.78, 5) is 10.4. The van der Waals surface area contributed by atoms with E-state index in [1.54, 1.807) is 7.11 Å². The van der Waals surface area contributed by atoms with Crippen molar-refractivity contribution in [3.05, 3.63) is 39.4 Å². The SMILES string of the molecule is COc1ccc2c(c1)CCCC2C[N+](=O)[O-]. The first kappa shape index (κ1) is 10.9. The van der Waals surface area contributed by atoms with Crippen LogP contribution in [0.5, 0.6) is 5.75 Å². The summed E-state index contributed by atoms with van der Waals surface area (Å²) in [6, 6.07) is 5.86. The average Bonchev–Trinajstić information content (AvgIpc) is 2.28. The van der Waals surface area contributed by atoms with E-state index in [2.05, 4.69) is 0 Å². The molecule has 0 N–H and O–H groups in total. The molecule has 1 unspecified atom stereocenters. The number of nitro groups is 1. The topological polar surface area (TPSA) is 52.4 Å². The van der Waals surface area contributed by atoms with E-state index >= 15 is 0 Å². The molecule has 1 atom stereocenters. The van der Waals surface area contributed by atoms with Crippen LogP contribution in [-0.2, 0) is 6.42 Å². The monoisotopic (exact) mass is 221 g/mol. The molecule has 0 saturated heterocycles. The number of aryl methyl sites for hydroxylation is 1. The molecule has 1 aromatic carbocycles. The van der Waals surface area contributed by atoms with Gasteiger partial charge < -0.3 is 4.74 Å². The Kier molecular flexibility index (Phi) is 3.08. The number of benzene rings is 1. The summed E-state index contributed by atoms with van der Waals surface area (Å²) in [5.74, 6) is 0.908. The number of nitrogens with zero attached hydrogens (tertiary/aromatic N) is 1. The highest BCUT2D eigenvalue weighted by molar-refractivity contribution is 5.39. The van der Waals surface area contributed by atoms with E-state index in [-0.39, 0.29) is 17.4 Å². The molecule has 0 radical (unpaired) electrons. The van der Waals surface area contributed by atoms with Gasteiger partial charge in [-0.3, -0.25) is 10.1 Å². The van der Waals surface area contributed by atoms with Crippen LogP contribution in [0.4, 0.5) is 0 Å². The molecule has 0 spiro atoms. The number of methoxy groups -OCH3 is 1. The maximum Gasteiger partial charge on any atom is 0.210 e. The van der Waals surface area contributed by atoms with Crippen LogP contribution in [-0.4, -0.2) is 18.6 Å². The van der Waals surface area contributed by atoms with Crippen molar-refractivity contribution >= 4 is 0 Å². The fourth-order valence-corrected chi connectivity index (χ4v) is 2.39. The number of rotatable bonds is 3. The van der Waals surface area contributed by atoms with Gasteiger partial charge in [-0.15, -0.1) is 0 Å². The fraction of sp³-hybridized carbons (Fsp3) is 0.500. The summed E-state index contributed by atoms with van der Waals surface area (Å²) < 4.78 is 5.16. The van der Waals surface area contributed by atoms with Crippen molar-refractivity contribution in [2.24, 2.45) is 0 Å². The molecule has 0 heterocycles. The highest BCUT2D eigenvalue weighted by atomic mass is 16.6. The van der Waals surface area contributed by atoms with Crippen LogP contribution in [0.15, 0.2) is 18.2 Å². The molecule has 1 aliphatic rings. The molecule has 4 heteroatoms. The molecule has 2 rings (SSSR count). The lowest BCUT2D eigenvalue weighted by molar-refractivity contribution is -0.483. The zero-order chi connectivity index (χ0) is 11.5. The summed E-state index contributed by atoms with van der Waals surface area (Å²) in [5.41, 5.74) is 2.33. The van der Waals surface area contributed by atoms with Gasteiger partial charge in [0.1, 0.15) is 5.75 Å². The van der Waals surface area contributed by atoms with Crippen LogP contribution < -0.4 is 4.74 Å². The lowest BCUT2D eigenvalue weighted by Crippen LogP contribution is -2.18. The van der Waals surface area contributed by atoms with Gasteiger partial charge in [-0.2, -0.15) is 0 Å². The lowest BCUT2D eigenvalue weighted by Gasteiger charge is -2.23. The van der Waals surface area contributed by atoms with Gasteiger partial charge in [-0.05, 0) is 42.5 Å². The largest absolute Gasteiger partial charge is 0.497 e. The van der Waals surface area contributed by atoms with Crippen LogP contribution in [0.1, 0.15) is 29.9 Å². The normalized spacial score (nSPS) is 18.9. The van der Waals surface area contributed by atoms with Crippen molar-refractivity contribution in [3.63, 3.8) is 0 Å². The van der Waals surface area contributed by atoms with E-state index in [9.17, 15) is 10.1 Å². The Morgan fingerprint density at radius 1 is 1.56 bits per heavy atom. The Morgan fingerprint density at radius 2 is 2.38 bits per heavy atom. The van der Waals surface area contributed by atoms with Gasteiger partial charge >= 0.3 is 0 Å². The first-order valence-corrected chi connectivity index (χ1v) is 5.49. The molecule has 0 fully saturated rings. The van der Waals surface area contributed by atoms with E-state index in [0.717, 1.165) is 30.6 Å². The second-order valence-corrected chi connectivity index (χ2v) is 4.17. The molecule has 0 amide bonds. The zero-order valence-electron chi connectivity index (χ0n) is 9.31. The van der Waals surface area contributed by atoms with Crippen LogP contribution in [0.3, 0.4) is 0 Å². The molecular formula is C12H15NO3. The summed E-state index contributed by atoms with van der Waals surface area (Å²) >= 11 is 0. The molecule has 1 aromatic rings. The fourth-order valence-electron chi connectivity index (χ4n) is 2.39. The molecule has 86 valence electrons. The maximum atomic E-state index is 10.6. The third-order valence-electron chi connectivity index (χ3n) is 3.16. The minimum Gasteiger partial charge on any atom is -0.497 e. The van der Waals surface area contributed by atoms with Crippen LogP contribution in [0.2, 0.25) is 0 Å². The van der Waals surface area contributed by atoms with Crippen molar-refractivity contribution in [2.75, 3.05) is 13.7 Å². The second kappa shape index (κ2) is 4.51. The van der Waals surface area contributed by atoms with Gasteiger partial charge in [0.2, 0.25) is 6.54 Å². The number of fused-ring (bicyclic) bond motifs is 1. The van der Waals surface area contributed by atoms with Crippen LogP contribution in [0, 0.1) is 10.1 Å². The number of ether oxygens (including phenoxy) is 1. The van der Waals surface area contributed by atoms with Crippen molar-refractivity contribution in [2.45, 2.75) is 25.2 Å². The lowest BCUT2D eigenvalue weighted by atomic mass is 9.83. The Labute approximate surface area is 94.4 Å². The van der Waals surface area contributed by atoms with Gasteiger partial charge in [0.15, 0.2) is 0 Å². The molecule has 0 saturated carbocycles. The molecule has 0 aliphatic heterocycles. The quantitative estimate of drug-likeness (QED) is 0.581. The predicted octanol–water partition coefficient (Wildman–Crippen LogP) is 2.39. The van der Waals surface area contributed by atoms with E-state index < -0.39 is 0 Å².